The minimum Gasteiger partial charge on any atom is -0.304 e. The van der Waals surface area contributed by atoms with Crippen molar-refractivity contribution in [2.24, 2.45) is 5.92 Å². The Morgan fingerprint density at radius 3 is 2.18 bits per heavy atom. The summed E-state index contributed by atoms with van der Waals surface area (Å²) in [5.41, 5.74) is 0.542. The van der Waals surface area contributed by atoms with Gasteiger partial charge in [0.15, 0.2) is 0 Å². The van der Waals surface area contributed by atoms with Crippen molar-refractivity contribution in [2.75, 3.05) is 44.7 Å². The van der Waals surface area contributed by atoms with Crippen molar-refractivity contribution in [2.45, 2.75) is 38.6 Å². The van der Waals surface area contributed by atoms with E-state index in [4.69, 9.17) is 0 Å². The van der Waals surface area contributed by atoms with Crippen LogP contribution in [0.5, 0.6) is 0 Å². The van der Waals surface area contributed by atoms with Crippen molar-refractivity contribution in [3.05, 3.63) is 0 Å². The molecule has 0 saturated carbocycles. The molecule has 0 radical (unpaired) electrons. The lowest BCUT2D eigenvalue weighted by Crippen LogP contribution is -2.58. The predicted molar refractivity (Wildman–Crippen MR) is 77.8 cm³/mol. The van der Waals surface area contributed by atoms with Crippen LogP contribution in [0.3, 0.4) is 0 Å². The van der Waals surface area contributed by atoms with E-state index >= 15 is 0 Å². The van der Waals surface area contributed by atoms with Gasteiger partial charge in [-0.2, -0.15) is 11.8 Å². The standard InChI is InChI=1S/C14H28N2S/c1-13(2)12-14(4-10-17-11-5-14)16-8-6-15(3)7-9-16/h13H,4-12H2,1-3H3. The van der Waals surface area contributed by atoms with Gasteiger partial charge in [-0.15, -0.1) is 0 Å². The molecule has 2 saturated heterocycles. The van der Waals surface area contributed by atoms with Crippen LogP contribution in [0, 0.1) is 5.92 Å². The van der Waals surface area contributed by atoms with Gasteiger partial charge in [0.1, 0.15) is 0 Å². The molecule has 0 bridgehead atoms. The summed E-state index contributed by atoms with van der Waals surface area (Å²) in [6, 6.07) is 0. The van der Waals surface area contributed by atoms with Gasteiger partial charge in [-0.25, -0.2) is 0 Å². The Labute approximate surface area is 111 Å². The third kappa shape index (κ3) is 3.39. The molecule has 2 fully saturated rings. The second kappa shape index (κ2) is 5.94. The van der Waals surface area contributed by atoms with E-state index in [2.05, 4.69) is 42.5 Å². The minimum absolute atomic E-state index is 0.542. The highest BCUT2D eigenvalue weighted by Crippen LogP contribution is 2.38. The monoisotopic (exact) mass is 256 g/mol. The normalized spacial score (nSPS) is 27.5. The number of nitrogens with zero attached hydrogens (tertiary/aromatic N) is 2. The first-order chi connectivity index (χ1) is 8.12. The molecule has 0 N–H and O–H groups in total. The van der Waals surface area contributed by atoms with E-state index in [9.17, 15) is 0 Å². The van der Waals surface area contributed by atoms with Gasteiger partial charge in [-0.1, -0.05) is 13.8 Å². The van der Waals surface area contributed by atoms with Crippen LogP contribution < -0.4 is 0 Å². The Kier molecular flexibility index (Phi) is 4.79. The van der Waals surface area contributed by atoms with Gasteiger partial charge in [0.05, 0.1) is 0 Å². The molecule has 0 unspecified atom stereocenters. The fraction of sp³-hybridized carbons (Fsp3) is 1.00. The van der Waals surface area contributed by atoms with Crippen molar-refractivity contribution < 1.29 is 0 Å². The Balaban J connectivity index is 2.03. The summed E-state index contributed by atoms with van der Waals surface area (Å²) < 4.78 is 0. The first kappa shape index (κ1) is 13.7. The summed E-state index contributed by atoms with van der Waals surface area (Å²) in [7, 11) is 2.25. The minimum atomic E-state index is 0.542. The highest BCUT2D eigenvalue weighted by Gasteiger charge is 2.39. The van der Waals surface area contributed by atoms with Crippen LogP contribution in [0.1, 0.15) is 33.1 Å². The summed E-state index contributed by atoms with van der Waals surface area (Å²) in [4.78, 5) is 5.30. The molecule has 3 heteroatoms. The largest absolute Gasteiger partial charge is 0.304 e. The van der Waals surface area contributed by atoms with Crippen LogP contribution in [-0.4, -0.2) is 60.1 Å². The third-order valence-electron chi connectivity index (χ3n) is 4.39. The summed E-state index contributed by atoms with van der Waals surface area (Å²) in [6.07, 6.45) is 4.23. The zero-order chi connectivity index (χ0) is 12.3. The second-order valence-electron chi connectivity index (χ2n) is 6.23. The zero-order valence-electron chi connectivity index (χ0n) is 11.7. The average molecular weight is 256 g/mol. The highest BCUT2D eigenvalue weighted by molar-refractivity contribution is 7.99. The first-order valence-corrected chi connectivity index (χ1v) is 8.29. The molecule has 0 aromatic carbocycles. The Morgan fingerprint density at radius 2 is 1.65 bits per heavy atom. The summed E-state index contributed by atoms with van der Waals surface area (Å²) >= 11 is 2.15. The quantitative estimate of drug-likeness (QED) is 0.766. The maximum atomic E-state index is 2.83. The molecule has 100 valence electrons. The third-order valence-corrected chi connectivity index (χ3v) is 5.37. The molecule has 0 atom stereocenters. The van der Waals surface area contributed by atoms with E-state index in [1.807, 2.05) is 0 Å². The van der Waals surface area contributed by atoms with Gasteiger partial charge in [-0.3, -0.25) is 4.90 Å². The van der Waals surface area contributed by atoms with Crippen molar-refractivity contribution >= 4 is 11.8 Å². The molecule has 0 spiro atoms. The van der Waals surface area contributed by atoms with Crippen molar-refractivity contribution in [3.63, 3.8) is 0 Å². The van der Waals surface area contributed by atoms with Crippen molar-refractivity contribution in [3.8, 4) is 0 Å². The van der Waals surface area contributed by atoms with E-state index in [1.54, 1.807) is 0 Å². The summed E-state index contributed by atoms with van der Waals surface area (Å²) in [5, 5.41) is 0. The van der Waals surface area contributed by atoms with Gasteiger partial charge in [-0.05, 0) is 43.7 Å². The average Bonchev–Trinajstić information content (AvgIpc) is 2.30. The molecule has 0 aromatic rings. The molecule has 2 rings (SSSR count). The first-order valence-electron chi connectivity index (χ1n) is 7.14. The maximum absolute atomic E-state index is 2.83. The van der Waals surface area contributed by atoms with Gasteiger partial charge in [0, 0.05) is 31.7 Å². The molecule has 2 nitrogen and oxygen atoms in total. The molecule has 2 aliphatic heterocycles. The Hall–Kier alpha value is 0.270. The van der Waals surface area contributed by atoms with E-state index in [-0.39, 0.29) is 0 Å². The lowest BCUT2D eigenvalue weighted by Gasteiger charge is -2.50. The smallest absolute Gasteiger partial charge is 0.0228 e. The lowest BCUT2D eigenvalue weighted by atomic mass is 9.81. The fourth-order valence-corrected chi connectivity index (χ4v) is 4.69. The van der Waals surface area contributed by atoms with Crippen LogP contribution in [-0.2, 0) is 0 Å². The molecule has 0 aliphatic carbocycles. The number of hydrogen-bond donors (Lipinski definition) is 0. The SMILES string of the molecule is CC(C)CC1(N2CCN(C)CC2)CCSCC1. The number of hydrogen-bond acceptors (Lipinski definition) is 3. The van der Waals surface area contributed by atoms with Gasteiger partial charge in [0.2, 0.25) is 0 Å². The Morgan fingerprint density at radius 1 is 1.06 bits per heavy atom. The summed E-state index contributed by atoms with van der Waals surface area (Å²) in [6.45, 7) is 9.86. The number of likely N-dealkylation sites (N-methyl/N-ethyl adjacent to an activating group) is 1. The van der Waals surface area contributed by atoms with E-state index < -0.39 is 0 Å². The van der Waals surface area contributed by atoms with Gasteiger partial charge in [0.25, 0.3) is 0 Å². The molecular formula is C14H28N2S. The van der Waals surface area contributed by atoms with Crippen LogP contribution in [0.25, 0.3) is 0 Å². The van der Waals surface area contributed by atoms with Crippen LogP contribution in [0.4, 0.5) is 0 Å². The van der Waals surface area contributed by atoms with Crippen LogP contribution in [0.2, 0.25) is 0 Å². The zero-order valence-corrected chi connectivity index (χ0v) is 12.6. The Bertz CT molecular complexity index is 228. The molecule has 2 aliphatic rings. The van der Waals surface area contributed by atoms with Crippen LogP contribution >= 0.6 is 11.8 Å². The molecule has 0 amide bonds. The number of rotatable bonds is 3. The fourth-order valence-electron chi connectivity index (χ4n) is 3.44. The van der Waals surface area contributed by atoms with Gasteiger partial charge >= 0.3 is 0 Å². The molecular weight excluding hydrogens is 228 g/mol. The summed E-state index contributed by atoms with van der Waals surface area (Å²) in [5.74, 6) is 3.58. The van der Waals surface area contributed by atoms with Crippen molar-refractivity contribution in [1.29, 1.82) is 0 Å². The molecule has 17 heavy (non-hydrogen) atoms. The topological polar surface area (TPSA) is 6.48 Å². The number of piperazine rings is 1. The van der Waals surface area contributed by atoms with Crippen LogP contribution in [0.15, 0.2) is 0 Å². The van der Waals surface area contributed by atoms with E-state index in [0.29, 0.717) is 5.54 Å². The molecule has 2 heterocycles. The molecule has 0 aromatic heterocycles. The highest BCUT2D eigenvalue weighted by atomic mass is 32.2. The van der Waals surface area contributed by atoms with Crippen molar-refractivity contribution in [1.82, 2.24) is 9.80 Å². The predicted octanol–water partition coefficient (Wildman–Crippen LogP) is 2.55. The van der Waals surface area contributed by atoms with Gasteiger partial charge < -0.3 is 4.90 Å². The number of thioether (sulfide) groups is 1. The van der Waals surface area contributed by atoms with E-state index in [1.165, 1.54) is 56.9 Å². The van der Waals surface area contributed by atoms with E-state index in [0.717, 1.165) is 5.92 Å². The maximum Gasteiger partial charge on any atom is 0.0228 e. The lowest BCUT2D eigenvalue weighted by molar-refractivity contribution is 0.0189. The second-order valence-corrected chi connectivity index (χ2v) is 7.45.